The lowest BCUT2D eigenvalue weighted by Gasteiger charge is -2.38. The molecular weight excluding hydrogens is 238 g/mol. The van der Waals surface area contributed by atoms with E-state index in [1.165, 1.54) is 0 Å². The van der Waals surface area contributed by atoms with E-state index in [2.05, 4.69) is 9.88 Å². The second-order valence-corrected chi connectivity index (χ2v) is 5.06. The van der Waals surface area contributed by atoms with Crippen molar-refractivity contribution < 1.29 is 5.11 Å². The molecule has 1 aromatic rings. The van der Waals surface area contributed by atoms with Gasteiger partial charge in [0.1, 0.15) is 5.82 Å². The summed E-state index contributed by atoms with van der Waals surface area (Å²) < 4.78 is 0. The fourth-order valence-electron chi connectivity index (χ4n) is 2.09. The summed E-state index contributed by atoms with van der Waals surface area (Å²) in [6.45, 7) is 3.76. The van der Waals surface area contributed by atoms with Crippen LogP contribution in [0.15, 0.2) is 12.3 Å². The summed E-state index contributed by atoms with van der Waals surface area (Å²) in [5, 5.41) is 10.8. The van der Waals surface area contributed by atoms with Crippen molar-refractivity contribution in [1.82, 2.24) is 4.98 Å². The molecule has 4 nitrogen and oxygen atoms in total. The zero-order valence-electron chi connectivity index (χ0n) is 9.99. The van der Waals surface area contributed by atoms with E-state index in [1.807, 2.05) is 13.0 Å². The van der Waals surface area contributed by atoms with Gasteiger partial charge in [-0.2, -0.15) is 0 Å². The van der Waals surface area contributed by atoms with Gasteiger partial charge in [-0.25, -0.2) is 4.98 Å². The van der Waals surface area contributed by atoms with E-state index < -0.39 is 5.60 Å². The predicted octanol–water partition coefficient (Wildman–Crippen LogP) is 1.33. The van der Waals surface area contributed by atoms with Crippen LogP contribution < -0.4 is 10.6 Å². The zero-order valence-corrected chi connectivity index (χ0v) is 10.7. The van der Waals surface area contributed by atoms with Crippen molar-refractivity contribution in [3.05, 3.63) is 22.8 Å². The Morgan fingerprint density at radius 1 is 1.53 bits per heavy atom. The summed E-state index contributed by atoms with van der Waals surface area (Å²) in [5.41, 5.74) is 5.87. The SMILES string of the molecule is Cc1ccnc(N2CCC(O)(CN)CC2)c1Cl. The Morgan fingerprint density at radius 2 is 2.18 bits per heavy atom. The number of pyridine rings is 1. The number of nitrogens with two attached hydrogens (primary N) is 1. The van der Waals surface area contributed by atoms with E-state index in [0.29, 0.717) is 24.4 Å². The molecule has 1 saturated heterocycles. The summed E-state index contributed by atoms with van der Waals surface area (Å²) in [7, 11) is 0. The Labute approximate surface area is 106 Å². The van der Waals surface area contributed by atoms with Gasteiger partial charge in [-0.1, -0.05) is 11.6 Å². The van der Waals surface area contributed by atoms with Crippen LogP contribution in [0.1, 0.15) is 18.4 Å². The monoisotopic (exact) mass is 255 g/mol. The lowest BCUT2D eigenvalue weighted by Crippen LogP contribution is -2.49. The van der Waals surface area contributed by atoms with Crippen LogP contribution in [0.5, 0.6) is 0 Å². The lowest BCUT2D eigenvalue weighted by atomic mass is 9.91. The average molecular weight is 256 g/mol. The summed E-state index contributed by atoms with van der Waals surface area (Å²) in [6, 6.07) is 1.89. The van der Waals surface area contributed by atoms with Gasteiger partial charge < -0.3 is 15.7 Å². The van der Waals surface area contributed by atoms with Crippen LogP contribution >= 0.6 is 11.6 Å². The summed E-state index contributed by atoms with van der Waals surface area (Å²) in [6.07, 6.45) is 3.09. The molecule has 1 aliphatic heterocycles. The number of aliphatic hydroxyl groups is 1. The van der Waals surface area contributed by atoms with Crippen LogP contribution in [0.4, 0.5) is 5.82 Å². The van der Waals surface area contributed by atoms with Crippen molar-refractivity contribution in [2.45, 2.75) is 25.4 Å². The number of hydrogen-bond acceptors (Lipinski definition) is 4. The number of halogens is 1. The van der Waals surface area contributed by atoms with Gasteiger partial charge >= 0.3 is 0 Å². The first-order valence-electron chi connectivity index (χ1n) is 5.84. The van der Waals surface area contributed by atoms with E-state index >= 15 is 0 Å². The quantitative estimate of drug-likeness (QED) is 0.837. The fraction of sp³-hybridized carbons (Fsp3) is 0.583. The summed E-state index contributed by atoms with van der Waals surface area (Å²) >= 11 is 6.24. The molecule has 0 unspecified atom stereocenters. The number of rotatable bonds is 2. The molecule has 1 fully saturated rings. The highest BCUT2D eigenvalue weighted by Gasteiger charge is 2.31. The molecule has 0 amide bonds. The minimum Gasteiger partial charge on any atom is -0.388 e. The standard InChI is InChI=1S/C12H18ClN3O/c1-9-2-5-15-11(10(9)13)16-6-3-12(17,8-14)4-7-16/h2,5,17H,3-4,6-8,14H2,1H3. The summed E-state index contributed by atoms with van der Waals surface area (Å²) in [4.78, 5) is 6.43. The van der Waals surface area contributed by atoms with Crippen LogP contribution in [0.2, 0.25) is 5.02 Å². The Morgan fingerprint density at radius 3 is 2.76 bits per heavy atom. The fourth-order valence-corrected chi connectivity index (χ4v) is 2.32. The molecule has 0 aliphatic carbocycles. The molecule has 2 rings (SSSR count). The van der Waals surface area contributed by atoms with Crippen molar-refractivity contribution in [3.63, 3.8) is 0 Å². The molecule has 0 spiro atoms. The van der Waals surface area contributed by atoms with Crippen LogP contribution in [-0.4, -0.2) is 35.3 Å². The van der Waals surface area contributed by atoms with Crippen molar-refractivity contribution in [1.29, 1.82) is 0 Å². The van der Waals surface area contributed by atoms with E-state index in [-0.39, 0.29) is 0 Å². The second-order valence-electron chi connectivity index (χ2n) is 4.68. The van der Waals surface area contributed by atoms with Crippen LogP contribution in [0, 0.1) is 6.92 Å². The van der Waals surface area contributed by atoms with Crippen molar-refractivity contribution in [2.24, 2.45) is 5.73 Å². The molecule has 1 aromatic heterocycles. The summed E-state index contributed by atoms with van der Waals surface area (Å²) in [5.74, 6) is 0.811. The van der Waals surface area contributed by atoms with Crippen molar-refractivity contribution >= 4 is 17.4 Å². The topological polar surface area (TPSA) is 62.4 Å². The smallest absolute Gasteiger partial charge is 0.147 e. The number of aromatic nitrogens is 1. The molecule has 2 heterocycles. The van der Waals surface area contributed by atoms with Gasteiger partial charge in [0.05, 0.1) is 10.6 Å². The number of nitrogens with zero attached hydrogens (tertiary/aromatic N) is 2. The lowest BCUT2D eigenvalue weighted by molar-refractivity contribution is 0.0249. The van der Waals surface area contributed by atoms with Crippen LogP contribution in [0.3, 0.4) is 0 Å². The molecule has 0 aromatic carbocycles. The molecule has 0 bridgehead atoms. The van der Waals surface area contributed by atoms with Crippen molar-refractivity contribution in [2.75, 3.05) is 24.5 Å². The normalized spacial score (nSPS) is 19.4. The highest BCUT2D eigenvalue weighted by atomic mass is 35.5. The first-order valence-corrected chi connectivity index (χ1v) is 6.22. The third kappa shape index (κ3) is 2.54. The van der Waals surface area contributed by atoms with Gasteiger partial charge in [0.2, 0.25) is 0 Å². The molecule has 17 heavy (non-hydrogen) atoms. The Hall–Kier alpha value is -0.840. The van der Waals surface area contributed by atoms with Crippen molar-refractivity contribution in [3.8, 4) is 0 Å². The van der Waals surface area contributed by atoms with Crippen LogP contribution in [-0.2, 0) is 0 Å². The average Bonchev–Trinajstić information content (AvgIpc) is 2.34. The van der Waals surface area contributed by atoms with Gasteiger partial charge in [-0.3, -0.25) is 0 Å². The number of anilines is 1. The molecule has 0 saturated carbocycles. The minimum atomic E-state index is -0.715. The number of hydrogen-bond donors (Lipinski definition) is 2. The van der Waals surface area contributed by atoms with E-state index in [0.717, 1.165) is 24.5 Å². The molecule has 0 atom stereocenters. The van der Waals surface area contributed by atoms with E-state index in [9.17, 15) is 5.11 Å². The van der Waals surface area contributed by atoms with E-state index in [1.54, 1.807) is 6.20 Å². The molecule has 5 heteroatoms. The highest BCUT2D eigenvalue weighted by Crippen LogP contribution is 2.30. The largest absolute Gasteiger partial charge is 0.388 e. The molecule has 1 aliphatic rings. The van der Waals surface area contributed by atoms with Gasteiger partial charge in [-0.15, -0.1) is 0 Å². The van der Waals surface area contributed by atoms with Gasteiger partial charge in [-0.05, 0) is 31.4 Å². The maximum atomic E-state index is 10.1. The predicted molar refractivity (Wildman–Crippen MR) is 69.4 cm³/mol. The van der Waals surface area contributed by atoms with Gasteiger partial charge in [0, 0.05) is 25.8 Å². The third-order valence-corrected chi connectivity index (χ3v) is 3.90. The molecule has 3 N–H and O–H groups in total. The maximum Gasteiger partial charge on any atom is 0.147 e. The molecule has 94 valence electrons. The Kier molecular flexibility index (Phi) is 3.56. The number of piperidine rings is 1. The first-order chi connectivity index (χ1) is 8.06. The van der Waals surface area contributed by atoms with Crippen LogP contribution in [0.25, 0.3) is 0 Å². The second kappa shape index (κ2) is 4.80. The highest BCUT2D eigenvalue weighted by molar-refractivity contribution is 6.33. The number of aryl methyl sites for hydroxylation is 1. The molecule has 0 radical (unpaired) electrons. The third-order valence-electron chi connectivity index (χ3n) is 3.44. The van der Waals surface area contributed by atoms with E-state index in [4.69, 9.17) is 17.3 Å². The Balaban J connectivity index is 2.13. The van der Waals surface area contributed by atoms with Gasteiger partial charge in [0.15, 0.2) is 0 Å². The first kappa shape index (κ1) is 12.6. The van der Waals surface area contributed by atoms with Gasteiger partial charge in [0.25, 0.3) is 0 Å². The zero-order chi connectivity index (χ0) is 12.5. The Bertz CT molecular complexity index is 403. The molecular formula is C12H18ClN3O. The minimum absolute atomic E-state index is 0.315. The maximum absolute atomic E-state index is 10.1.